The van der Waals surface area contributed by atoms with Crippen molar-refractivity contribution in [2.45, 2.75) is 4.90 Å². The van der Waals surface area contributed by atoms with Crippen molar-refractivity contribution in [2.24, 2.45) is 0 Å². The van der Waals surface area contributed by atoms with Crippen LogP contribution in [0.25, 0.3) is 0 Å². The molecule has 0 atom stereocenters. The number of likely N-dealkylation sites (N-methyl/N-ethyl adjacent to an activating group) is 1. The molecule has 2 amide bonds. The van der Waals surface area contributed by atoms with Crippen LogP contribution in [-0.4, -0.2) is 52.3 Å². The van der Waals surface area contributed by atoms with Crippen LogP contribution in [0.15, 0.2) is 47.4 Å². The fourth-order valence-electron chi connectivity index (χ4n) is 2.55. The van der Waals surface area contributed by atoms with Gasteiger partial charge in [0.1, 0.15) is 5.75 Å². The van der Waals surface area contributed by atoms with Crippen molar-refractivity contribution < 1.29 is 22.7 Å². The molecule has 9 heteroatoms. The van der Waals surface area contributed by atoms with Crippen LogP contribution in [0.3, 0.4) is 0 Å². The molecule has 2 aromatic carbocycles. The number of ether oxygens (including phenoxy) is 1. The summed E-state index contributed by atoms with van der Waals surface area (Å²) in [6.45, 7) is -0.0529. The highest BCUT2D eigenvalue weighted by molar-refractivity contribution is 7.89. The zero-order valence-corrected chi connectivity index (χ0v) is 15.9. The van der Waals surface area contributed by atoms with Gasteiger partial charge in [0.15, 0.2) is 6.61 Å². The Balaban J connectivity index is 1.77. The van der Waals surface area contributed by atoms with Crippen LogP contribution in [0.5, 0.6) is 5.75 Å². The third-order valence-electron chi connectivity index (χ3n) is 4.20. The minimum absolute atomic E-state index is 0.0529. The zero-order chi connectivity index (χ0) is 19.8. The molecule has 1 aliphatic rings. The Morgan fingerprint density at radius 3 is 2.44 bits per heavy atom. The maximum atomic E-state index is 12.4. The average molecular weight is 389 g/mol. The summed E-state index contributed by atoms with van der Waals surface area (Å²) in [7, 11) is 1.000. The number of rotatable bonds is 4. The van der Waals surface area contributed by atoms with Crippen LogP contribution in [0.2, 0.25) is 0 Å². The monoisotopic (exact) mass is 389 g/mol. The summed E-state index contributed by atoms with van der Waals surface area (Å²) in [5.74, 6) is -0.0293. The summed E-state index contributed by atoms with van der Waals surface area (Å²) >= 11 is 0. The Morgan fingerprint density at radius 1 is 1.15 bits per heavy atom. The van der Waals surface area contributed by atoms with Gasteiger partial charge in [0.2, 0.25) is 10.0 Å². The van der Waals surface area contributed by atoms with Crippen LogP contribution in [0, 0.1) is 0 Å². The second-order valence-electron chi connectivity index (χ2n) is 6.19. The molecule has 1 N–H and O–H groups in total. The molecule has 0 fully saturated rings. The predicted molar refractivity (Wildman–Crippen MR) is 101 cm³/mol. The van der Waals surface area contributed by atoms with E-state index in [4.69, 9.17) is 4.74 Å². The molecule has 1 heterocycles. The summed E-state index contributed by atoms with van der Waals surface area (Å²) in [6.07, 6.45) is 0. The predicted octanol–water partition coefficient (Wildman–Crippen LogP) is 1.54. The molecule has 3 rings (SSSR count). The van der Waals surface area contributed by atoms with E-state index < -0.39 is 10.0 Å². The minimum atomic E-state index is -3.55. The number of amides is 2. The van der Waals surface area contributed by atoms with Gasteiger partial charge in [-0.3, -0.25) is 9.59 Å². The standard InChI is InChI=1S/C18H19N3O5S/c1-20(2)27(24,25)14-7-4-12(5-8-14)18(23)19-13-6-9-15-16(10-13)26-11-17(22)21(15)3/h4-10H,11H2,1-3H3,(H,19,23). The van der Waals surface area contributed by atoms with Crippen molar-refractivity contribution in [3.63, 3.8) is 0 Å². The molecule has 8 nitrogen and oxygen atoms in total. The first-order valence-electron chi connectivity index (χ1n) is 8.07. The van der Waals surface area contributed by atoms with Crippen molar-refractivity contribution in [2.75, 3.05) is 38.0 Å². The molecule has 0 aliphatic carbocycles. The molecular weight excluding hydrogens is 370 g/mol. The first kappa shape index (κ1) is 18.9. The van der Waals surface area contributed by atoms with Gasteiger partial charge in [-0.05, 0) is 36.4 Å². The van der Waals surface area contributed by atoms with E-state index in [1.807, 2.05) is 0 Å². The van der Waals surface area contributed by atoms with E-state index in [0.29, 0.717) is 22.7 Å². The lowest BCUT2D eigenvalue weighted by Gasteiger charge is -2.26. The highest BCUT2D eigenvalue weighted by atomic mass is 32.2. The molecule has 0 unspecified atom stereocenters. The number of anilines is 2. The van der Waals surface area contributed by atoms with E-state index in [1.54, 1.807) is 25.2 Å². The van der Waals surface area contributed by atoms with Crippen molar-refractivity contribution in [3.05, 3.63) is 48.0 Å². The van der Waals surface area contributed by atoms with Gasteiger partial charge in [-0.2, -0.15) is 0 Å². The van der Waals surface area contributed by atoms with Gasteiger partial charge in [-0.1, -0.05) is 0 Å². The number of sulfonamides is 1. The first-order valence-corrected chi connectivity index (χ1v) is 9.51. The van der Waals surface area contributed by atoms with Gasteiger partial charge in [-0.25, -0.2) is 12.7 Å². The third kappa shape index (κ3) is 3.64. The van der Waals surface area contributed by atoms with Gasteiger partial charge in [0.05, 0.1) is 10.6 Å². The Morgan fingerprint density at radius 2 is 1.81 bits per heavy atom. The highest BCUT2D eigenvalue weighted by Crippen LogP contribution is 2.33. The summed E-state index contributed by atoms with van der Waals surface area (Å²) in [6, 6.07) is 10.7. The second-order valence-corrected chi connectivity index (χ2v) is 8.34. The number of nitrogens with zero attached hydrogens (tertiary/aromatic N) is 2. The normalized spacial score (nSPS) is 13.9. The molecule has 27 heavy (non-hydrogen) atoms. The van der Waals surface area contributed by atoms with Crippen LogP contribution >= 0.6 is 0 Å². The van der Waals surface area contributed by atoms with E-state index in [0.717, 1.165) is 4.31 Å². The van der Waals surface area contributed by atoms with Crippen LogP contribution in [0.1, 0.15) is 10.4 Å². The maximum absolute atomic E-state index is 12.4. The first-order chi connectivity index (χ1) is 12.7. The van der Waals surface area contributed by atoms with Crippen LogP contribution in [-0.2, 0) is 14.8 Å². The van der Waals surface area contributed by atoms with Gasteiger partial charge < -0.3 is 15.0 Å². The average Bonchev–Trinajstić information content (AvgIpc) is 2.64. The molecule has 0 aromatic heterocycles. The number of benzene rings is 2. The van der Waals surface area contributed by atoms with E-state index in [-0.39, 0.29) is 23.3 Å². The van der Waals surface area contributed by atoms with Crippen molar-refractivity contribution in [1.29, 1.82) is 0 Å². The summed E-state index contributed by atoms with van der Waals surface area (Å²) in [5.41, 5.74) is 1.45. The van der Waals surface area contributed by atoms with E-state index in [2.05, 4.69) is 5.32 Å². The highest BCUT2D eigenvalue weighted by Gasteiger charge is 2.22. The fourth-order valence-corrected chi connectivity index (χ4v) is 3.45. The third-order valence-corrected chi connectivity index (χ3v) is 6.03. The number of hydrogen-bond acceptors (Lipinski definition) is 5. The van der Waals surface area contributed by atoms with E-state index in [1.165, 1.54) is 43.3 Å². The zero-order valence-electron chi connectivity index (χ0n) is 15.1. The number of carbonyl (C=O) groups is 2. The molecule has 0 spiro atoms. The molecule has 142 valence electrons. The molecule has 2 aromatic rings. The Kier molecular flexibility index (Phi) is 4.90. The molecular formula is C18H19N3O5S. The Hall–Kier alpha value is -2.91. The van der Waals surface area contributed by atoms with Crippen molar-refractivity contribution >= 4 is 33.2 Å². The lowest BCUT2D eigenvalue weighted by Crippen LogP contribution is -2.35. The fraction of sp³-hybridized carbons (Fsp3) is 0.222. The lowest BCUT2D eigenvalue weighted by atomic mass is 10.2. The molecule has 0 bridgehead atoms. The van der Waals surface area contributed by atoms with Crippen LogP contribution < -0.4 is 15.0 Å². The largest absolute Gasteiger partial charge is 0.481 e. The van der Waals surface area contributed by atoms with Gasteiger partial charge in [0, 0.05) is 38.5 Å². The Labute approximate surface area is 157 Å². The van der Waals surface area contributed by atoms with Crippen molar-refractivity contribution in [1.82, 2.24) is 4.31 Å². The number of hydrogen-bond donors (Lipinski definition) is 1. The summed E-state index contributed by atoms with van der Waals surface area (Å²) in [5, 5.41) is 2.73. The summed E-state index contributed by atoms with van der Waals surface area (Å²) in [4.78, 5) is 25.7. The number of fused-ring (bicyclic) bond motifs is 1. The van der Waals surface area contributed by atoms with E-state index in [9.17, 15) is 18.0 Å². The molecule has 1 aliphatic heterocycles. The summed E-state index contributed by atoms with van der Waals surface area (Å²) < 4.78 is 30.7. The Bertz CT molecular complexity index is 1000. The SMILES string of the molecule is CN1C(=O)COc2cc(NC(=O)c3ccc(S(=O)(=O)N(C)C)cc3)ccc21. The van der Waals surface area contributed by atoms with Gasteiger partial charge in [-0.15, -0.1) is 0 Å². The molecule has 0 radical (unpaired) electrons. The lowest BCUT2D eigenvalue weighted by molar-refractivity contribution is -0.120. The van der Waals surface area contributed by atoms with Crippen molar-refractivity contribution in [3.8, 4) is 5.75 Å². The number of nitrogens with one attached hydrogen (secondary N) is 1. The number of carbonyl (C=O) groups excluding carboxylic acids is 2. The smallest absolute Gasteiger partial charge is 0.264 e. The molecule has 0 saturated heterocycles. The maximum Gasteiger partial charge on any atom is 0.264 e. The quantitative estimate of drug-likeness (QED) is 0.856. The second kappa shape index (κ2) is 7.01. The molecule has 0 saturated carbocycles. The van der Waals surface area contributed by atoms with Crippen LogP contribution in [0.4, 0.5) is 11.4 Å². The topological polar surface area (TPSA) is 96.0 Å². The van der Waals surface area contributed by atoms with Gasteiger partial charge in [0.25, 0.3) is 11.8 Å². The van der Waals surface area contributed by atoms with Gasteiger partial charge >= 0.3 is 0 Å². The minimum Gasteiger partial charge on any atom is -0.481 e. The van der Waals surface area contributed by atoms with E-state index >= 15 is 0 Å².